The highest BCUT2D eigenvalue weighted by Crippen LogP contribution is 2.21. The quantitative estimate of drug-likeness (QED) is 0.576. The van der Waals surface area contributed by atoms with Gasteiger partial charge in [0.15, 0.2) is 0 Å². The van der Waals surface area contributed by atoms with E-state index in [4.69, 9.17) is 4.18 Å². The summed E-state index contributed by atoms with van der Waals surface area (Å²) < 4.78 is 29.4. The summed E-state index contributed by atoms with van der Waals surface area (Å²) in [5, 5.41) is 0. The van der Waals surface area contributed by atoms with Gasteiger partial charge in [-0.3, -0.25) is 4.18 Å². The molecule has 4 nitrogen and oxygen atoms in total. The Hall–Kier alpha value is -0.130. The maximum atomic E-state index is 12.0. The first-order valence-corrected chi connectivity index (χ1v) is 9.37. The first-order valence-electron chi connectivity index (χ1n) is 7.79. The van der Waals surface area contributed by atoms with Crippen molar-refractivity contribution in [1.29, 1.82) is 0 Å². The molecule has 0 aromatic rings. The van der Waals surface area contributed by atoms with Gasteiger partial charge >= 0.3 is 0 Å². The summed E-state index contributed by atoms with van der Waals surface area (Å²) in [5.74, 6) is 0.156. The molecule has 2 rings (SSSR count). The molecule has 2 aliphatic rings. The highest BCUT2D eigenvalue weighted by molar-refractivity contribution is 7.86. The van der Waals surface area contributed by atoms with Gasteiger partial charge in [-0.15, -0.1) is 0 Å². The molecular weight excluding hydrogens is 262 g/mol. The zero-order chi connectivity index (χ0) is 13.6. The third-order valence-corrected chi connectivity index (χ3v) is 5.44. The fourth-order valence-electron chi connectivity index (χ4n) is 3.02. The van der Waals surface area contributed by atoms with Gasteiger partial charge in [0.05, 0.1) is 11.9 Å². The molecule has 5 heteroatoms. The lowest BCUT2D eigenvalue weighted by molar-refractivity contribution is 0.187. The summed E-state index contributed by atoms with van der Waals surface area (Å²) in [5.41, 5.74) is 0. The van der Waals surface area contributed by atoms with E-state index in [0.717, 1.165) is 38.8 Å². The molecule has 1 aliphatic carbocycles. The van der Waals surface area contributed by atoms with E-state index in [1.165, 1.54) is 32.1 Å². The van der Waals surface area contributed by atoms with Gasteiger partial charge in [-0.2, -0.15) is 8.42 Å². The maximum Gasteiger partial charge on any atom is 0.268 e. The van der Waals surface area contributed by atoms with E-state index in [9.17, 15) is 8.42 Å². The van der Waals surface area contributed by atoms with Crippen LogP contribution in [0.25, 0.3) is 0 Å². The first-order chi connectivity index (χ1) is 9.16. The van der Waals surface area contributed by atoms with Crippen molar-refractivity contribution in [3.63, 3.8) is 0 Å². The minimum Gasteiger partial charge on any atom is -0.302 e. The van der Waals surface area contributed by atoms with Crippen LogP contribution >= 0.6 is 0 Å². The summed E-state index contributed by atoms with van der Waals surface area (Å²) >= 11 is 0. The largest absolute Gasteiger partial charge is 0.302 e. The van der Waals surface area contributed by atoms with Crippen LogP contribution in [0.2, 0.25) is 0 Å². The van der Waals surface area contributed by atoms with E-state index in [2.05, 4.69) is 4.90 Å². The van der Waals surface area contributed by atoms with Crippen LogP contribution in [0.15, 0.2) is 0 Å². The van der Waals surface area contributed by atoms with Crippen molar-refractivity contribution >= 4 is 10.1 Å². The molecule has 1 heterocycles. The molecule has 2 fully saturated rings. The molecular formula is C14H27NO3S. The Kier molecular flexibility index (Phi) is 6.10. The number of piperidine rings is 1. The van der Waals surface area contributed by atoms with E-state index < -0.39 is 10.1 Å². The molecule has 1 saturated heterocycles. The Balaban J connectivity index is 1.73. The van der Waals surface area contributed by atoms with Gasteiger partial charge in [0.2, 0.25) is 0 Å². The normalized spacial score (nSPS) is 24.2. The topological polar surface area (TPSA) is 46.6 Å². The Morgan fingerprint density at radius 2 is 1.47 bits per heavy atom. The number of hydrogen-bond acceptors (Lipinski definition) is 4. The van der Waals surface area contributed by atoms with Crippen molar-refractivity contribution in [3.8, 4) is 0 Å². The average Bonchev–Trinajstić information content (AvgIpc) is 2.66. The number of likely N-dealkylation sites (tertiary alicyclic amines) is 1. The average molecular weight is 289 g/mol. The van der Waals surface area contributed by atoms with Gasteiger partial charge in [0.1, 0.15) is 0 Å². The molecule has 0 spiro atoms. The zero-order valence-corrected chi connectivity index (χ0v) is 12.7. The highest BCUT2D eigenvalue weighted by atomic mass is 32.2. The van der Waals surface area contributed by atoms with Crippen LogP contribution in [0.5, 0.6) is 0 Å². The van der Waals surface area contributed by atoms with Crippen LogP contribution in [0.3, 0.4) is 0 Å². The van der Waals surface area contributed by atoms with Gasteiger partial charge in [0, 0.05) is 6.54 Å². The van der Waals surface area contributed by atoms with Crippen molar-refractivity contribution in [2.45, 2.75) is 63.9 Å². The fourth-order valence-corrected chi connectivity index (χ4v) is 4.20. The van der Waals surface area contributed by atoms with E-state index >= 15 is 0 Å². The van der Waals surface area contributed by atoms with Crippen LogP contribution in [0.1, 0.15) is 57.8 Å². The third kappa shape index (κ3) is 5.79. The Labute approximate surface area is 117 Å². The predicted molar refractivity (Wildman–Crippen MR) is 76.7 cm³/mol. The van der Waals surface area contributed by atoms with Crippen LogP contribution in [-0.2, 0) is 14.3 Å². The zero-order valence-electron chi connectivity index (χ0n) is 11.8. The molecule has 0 bridgehead atoms. The number of hydrogen-bond donors (Lipinski definition) is 0. The lowest BCUT2D eigenvalue weighted by Crippen LogP contribution is -2.35. The van der Waals surface area contributed by atoms with Gasteiger partial charge < -0.3 is 4.90 Å². The van der Waals surface area contributed by atoms with Crippen molar-refractivity contribution in [2.75, 3.05) is 25.4 Å². The molecule has 1 saturated carbocycles. The molecule has 0 N–H and O–H groups in total. The summed E-state index contributed by atoms with van der Waals surface area (Å²) in [6.07, 6.45) is 10.1. The van der Waals surface area contributed by atoms with E-state index in [1.54, 1.807) is 0 Å². The molecule has 0 atom stereocenters. The van der Waals surface area contributed by atoms with Gasteiger partial charge in [0.25, 0.3) is 10.1 Å². The molecule has 0 radical (unpaired) electrons. The third-order valence-electron chi connectivity index (χ3n) is 4.19. The van der Waals surface area contributed by atoms with Crippen molar-refractivity contribution in [3.05, 3.63) is 0 Å². The lowest BCUT2D eigenvalue weighted by Gasteiger charge is -2.26. The fraction of sp³-hybridized carbons (Fsp3) is 1.00. The van der Waals surface area contributed by atoms with Crippen molar-refractivity contribution < 1.29 is 12.6 Å². The molecule has 0 amide bonds. The summed E-state index contributed by atoms with van der Waals surface area (Å²) in [4.78, 5) is 2.25. The second-order valence-electron chi connectivity index (χ2n) is 5.87. The van der Waals surface area contributed by atoms with E-state index in [1.807, 2.05) is 0 Å². The summed E-state index contributed by atoms with van der Waals surface area (Å²) in [6, 6.07) is 0. The minimum atomic E-state index is -3.34. The Bertz CT molecular complexity index is 342. The van der Waals surface area contributed by atoms with E-state index in [0.29, 0.717) is 6.54 Å². The first kappa shape index (κ1) is 15.3. The molecule has 1 aliphatic heterocycles. The Morgan fingerprint density at radius 1 is 0.895 bits per heavy atom. The molecule has 0 aromatic heterocycles. The molecule has 112 valence electrons. The summed E-state index contributed by atoms with van der Waals surface area (Å²) in [7, 11) is -3.34. The highest BCUT2D eigenvalue weighted by Gasteiger charge is 2.22. The predicted octanol–water partition coefficient (Wildman–Crippen LogP) is 2.54. The lowest BCUT2D eigenvalue weighted by atomic mass is 10.1. The molecule has 19 heavy (non-hydrogen) atoms. The van der Waals surface area contributed by atoms with Gasteiger partial charge in [-0.05, 0) is 38.8 Å². The SMILES string of the molecule is O=S(=O)(CCN1CCCCC1)OC1CCCCCC1. The van der Waals surface area contributed by atoms with Crippen LogP contribution in [0.4, 0.5) is 0 Å². The Morgan fingerprint density at radius 3 is 2.11 bits per heavy atom. The summed E-state index contributed by atoms with van der Waals surface area (Å²) in [6.45, 7) is 2.72. The molecule has 0 unspecified atom stereocenters. The van der Waals surface area contributed by atoms with Crippen LogP contribution in [0, 0.1) is 0 Å². The van der Waals surface area contributed by atoms with Crippen molar-refractivity contribution in [1.82, 2.24) is 4.90 Å². The smallest absolute Gasteiger partial charge is 0.268 e. The molecule has 0 aromatic carbocycles. The van der Waals surface area contributed by atoms with Crippen LogP contribution < -0.4 is 0 Å². The van der Waals surface area contributed by atoms with Gasteiger partial charge in [-0.25, -0.2) is 0 Å². The van der Waals surface area contributed by atoms with Crippen LogP contribution in [-0.4, -0.2) is 44.8 Å². The standard InChI is InChI=1S/C14H27NO3S/c16-19(17,13-12-15-10-6-3-7-11-15)18-14-8-4-1-2-5-9-14/h14H,1-13H2. The number of nitrogens with zero attached hydrogens (tertiary/aromatic N) is 1. The van der Waals surface area contributed by atoms with Gasteiger partial charge in [-0.1, -0.05) is 32.1 Å². The van der Waals surface area contributed by atoms with E-state index in [-0.39, 0.29) is 11.9 Å². The minimum absolute atomic E-state index is 0.0612. The second kappa shape index (κ2) is 7.60. The second-order valence-corrected chi connectivity index (χ2v) is 7.59. The van der Waals surface area contributed by atoms with Crippen molar-refractivity contribution in [2.24, 2.45) is 0 Å². The number of rotatable bonds is 5. The maximum absolute atomic E-state index is 12.0. The monoisotopic (exact) mass is 289 g/mol.